The first kappa shape index (κ1) is 33.6. The third kappa shape index (κ3) is 5.74. The lowest BCUT2D eigenvalue weighted by molar-refractivity contribution is 0.670. The van der Waals surface area contributed by atoms with Gasteiger partial charge in [0.1, 0.15) is 11.2 Å². The van der Waals surface area contributed by atoms with E-state index in [0.29, 0.717) is 0 Å². The molecule has 0 saturated carbocycles. The van der Waals surface area contributed by atoms with E-state index in [1.54, 1.807) is 0 Å². The fraction of sp³-hybridized carbons (Fsp3) is 0. The molecule has 1 heterocycles. The standard InChI is InChI=1S/C56H37NO/c1-4-15-38(16-5-1)44-31-34-46(50(37-44)40-19-8-3-9-20-40)42-29-32-45(33-30-42)57(51-25-14-22-43-28-27-41-21-10-11-23-47(41)54(43)51)52-36-35-48(39-17-6-2-7-18-39)56-55(52)49-24-12-13-26-53(49)58-56/h1-37H. The molecule has 0 aliphatic rings. The summed E-state index contributed by atoms with van der Waals surface area (Å²) in [5, 5.41) is 7.00. The Bertz CT molecular complexity index is 3260. The molecule has 58 heavy (non-hydrogen) atoms. The highest BCUT2D eigenvalue weighted by molar-refractivity contribution is 6.20. The van der Waals surface area contributed by atoms with Crippen molar-refractivity contribution in [2.45, 2.75) is 0 Å². The molecule has 0 aliphatic heterocycles. The summed E-state index contributed by atoms with van der Waals surface area (Å²) in [4.78, 5) is 2.44. The Morgan fingerprint density at radius 2 is 0.862 bits per heavy atom. The summed E-state index contributed by atoms with van der Waals surface area (Å²) < 4.78 is 6.81. The first-order valence-electron chi connectivity index (χ1n) is 19.8. The van der Waals surface area contributed by atoms with Crippen molar-refractivity contribution in [2.75, 3.05) is 4.90 Å². The van der Waals surface area contributed by atoms with Gasteiger partial charge in [-0.3, -0.25) is 0 Å². The average molecular weight is 740 g/mol. The number of furan rings is 1. The van der Waals surface area contributed by atoms with Crippen molar-refractivity contribution in [2.24, 2.45) is 0 Å². The Balaban J connectivity index is 1.15. The molecule has 0 aliphatic carbocycles. The fourth-order valence-corrected chi connectivity index (χ4v) is 8.73. The average Bonchev–Trinajstić information content (AvgIpc) is 3.70. The van der Waals surface area contributed by atoms with Crippen molar-refractivity contribution in [3.63, 3.8) is 0 Å². The second-order valence-corrected chi connectivity index (χ2v) is 14.8. The maximum Gasteiger partial charge on any atom is 0.145 e. The molecule has 2 nitrogen and oxygen atoms in total. The highest BCUT2D eigenvalue weighted by Gasteiger charge is 2.24. The molecule has 2 heteroatoms. The molecule has 11 rings (SSSR count). The SMILES string of the molecule is c1ccc(-c2ccc(-c3ccc(N(c4cccc5ccc6ccccc6c45)c4ccc(-c5ccccc5)c5oc6ccccc6c45)cc3)c(-c3ccccc3)c2)cc1. The van der Waals surface area contributed by atoms with Crippen molar-refractivity contribution in [3.8, 4) is 44.5 Å². The summed E-state index contributed by atoms with van der Waals surface area (Å²) in [6.45, 7) is 0. The van der Waals surface area contributed by atoms with Crippen molar-refractivity contribution < 1.29 is 4.42 Å². The van der Waals surface area contributed by atoms with Crippen molar-refractivity contribution >= 4 is 60.5 Å². The summed E-state index contributed by atoms with van der Waals surface area (Å²) in [6.07, 6.45) is 0. The highest BCUT2D eigenvalue weighted by atomic mass is 16.3. The van der Waals surface area contributed by atoms with E-state index in [4.69, 9.17) is 4.42 Å². The molecular weight excluding hydrogens is 703 g/mol. The van der Waals surface area contributed by atoms with Crippen LogP contribution in [0.4, 0.5) is 17.1 Å². The van der Waals surface area contributed by atoms with Crippen molar-refractivity contribution in [3.05, 3.63) is 224 Å². The predicted octanol–water partition coefficient (Wildman–Crippen LogP) is 16.0. The van der Waals surface area contributed by atoms with Gasteiger partial charge in [0.2, 0.25) is 0 Å². The smallest absolute Gasteiger partial charge is 0.145 e. The Morgan fingerprint density at radius 1 is 0.310 bits per heavy atom. The molecule has 0 N–H and O–H groups in total. The lowest BCUT2D eigenvalue weighted by Crippen LogP contribution is -2.11. The van der Waals surface area contributed by atoms with Crippen LogP contribution in [0.2, 0.25) is 0 Å². The zero-order valence-electron chi connectivity index (χ0n) is 31.7. The summed E-state index contributed by atoms with van der Waals surface area (Å²) in [6, 6.07) is 80.6. The molecule has 0 fully saturated rings. The van der Waals surface area contributed by atoms with Crippen LogP contribution in [0.1, 0.15) is 0 Å². The van der Waals surface area contributed by atoms with Crippen LogP contribution in [0.25, 0.3) is 88.0 Å². The molecule has 0 atom stereocenters. The Hall–Kier alpha value is -7.68. The van der Waals surface area contributed by atoms with Crippen LogP contribution in [-0.4, -0.2) is 0 Å². The lowest BCUT2D eigenvalue weighted by Gasteiger charge is -2.28. The van der Waals surface area contributed by atoms with Crippen LogP contribution in [0.5, 0.6) is 0 Å². The van der Waals surface area contributed by atoms with E-state index in [1.165, 1.54) is 49.4 Å². The van der Waals surface area contributed by atoms with Crippen LogP contribution >= 0.6 is 0 Å². The second kappa shape index (κ2) is 14.1. The zero-order valence-corrected chi connectivity index (χ0v) is 31.7. The molecule has 0 unspecified atom stereocenters. The Labute approximate surface area is 337 Å². The van der Waals surface area contributed by atoms with Gasteiger partial charge >= 0.3 is 0 Å². The van der Waals surface area contributed by atoms with Crippen molar-refractivity contribution in [1.82, 2.24) is 0 Å². The van der Waals surface area contributed by atoms with E-state index in [2.05, 4.69) is 229 Å². The maximum absolute atomic E-state index is 6.81. The summed E-state index contributed by atoms with van der Waals surface area (Å²) in [5.41, 5.74) is 14.3. The predicted molar refractivity (Wildman–Crippen MR) is 245 cm³/mol. The van der Waals surface area contributed by atoms with E-state index in [1.807, 2.05) is 0 Å². The minimum absolute atomic E-state index is 0.869. The Morgan fingerprint density at radius 3 is 1.62 bits per heavy atom. The monoisotopic (exact) mass is 739 g/mol. The van der Waals surface area contributed by atoms with Gasteiger partial charge in [-0.05, 0) is 97.6 Å². The molecule has 0 bridgehead atoms. The molecular formula is C56H37NO. The molecule has 10 aromatic carbocycles. The molecule has 0 saturated heterocycles. The van der Waals surface area contributed by atoms with Crippen molar-refractivity contribution in [1.29, 1.82) is 0 Å². The largest absolute Gasteiger partial charge is 0.455 e. The number of rotatable bonds is 7. The molecule has 272 valence electrons. The number of hydrogen-bond acceptors (Lipinski definition) is 2. The van der Waals surface area contributed by atoms with E-state index in [-0.39, 0.29) is 0 Å². The minimum atomic E-state index is 0.869. The molecule has 0 radical (unpaired) electrons. The van der Waals surface area contributed by atoms with Crippen LogP contribution in [0, 0.1) is 0 Å². The van der Waals surface area contributed by atoms with Gasteiger partial charge in [-0.25, -0.2) is 0 Å². The van der Waals surface area contributed by atoms with Gasteiger partial charge in [0, 0.05) is 22.0 Å². The summed E-state index contributed by atoms with van der Waals surface area (Å²) in [5.74, 6) is 0. The van der Waals surface area contributed by atoms with Gasteiger partial charge in [0.05, 0.1) is 16.8 Å². The third-order valence-electron chi connectivity index (χ3n) is 11.5. The third-order valence-corrected chi connectivity index (χ3v) is 11.5. The second-order valence-electron chi connectivity index (χ2n) is 14.8. The molecule has 0 amide bonds. The molecule has 1 aromatic heterocycles. The lowest BCUT2D eigenvalue weighted by atomic mass is 9.91. The number of para-hydroxylation sites is 1. The first-order valence-corrected chi connectivity index (χ1v) is 19.8. The zero-order chi connectivity index (χ0) is 38.4. The van der Waals surface area contributed by atoms with Gasteiger partial charge < -0.3 is 9.32 Å². The van der Waals surface area contributed by atoms with Crippen LogP contribution in [0.3, 0.4) is 0 Å². The normalized spacial score (nSPS) is 11.4. The van der Waals surface area contributed by atoms with E-state index < -0.39 is 0 Å². The topological polar surface area (TPSA) is 16.4 Å². The number of nitrogens with zero attached hydrogens (tertiary/aromatic N) is 1. The molecule has 0 spiro atoms. The van der Waals surface area contributed by atoms with Crippen LogP contribution in [0.15, 0.2) is 229 Å². The van der Waals surface area contributed by atoms with Gasteiger partial charge in [-0.15, -0.1) is 0 Å². The van der Waals surface area contributed by atoms with Gasteiger partial charge in [0.15, 0.2) is 0 Å². The summed E-state index contributed by atoms with van der Waals surface area (Å²) in [7, 11) is 0. The minimum Gasteiger partial charge on any atom is -0.455 e. The van der Waals surface area contributed by atoms with E-state index in [0.717, 1.165) is 55.7 Å². The summed E-state index contributed by atoms with van der Waals surface area (Å²) >= 11 is 0. The highest BCUT2D eigenvalue weighted by Crippen LogP contribution is 2.49. The van der Waals surface area contributed by atoms with Gasteiger partial charge in [-0.1, -0.05) is 182 Å². The van der Waals surface area contributed by atoms with Crippen LogP contribution in [-0.2, 0) is 0 Å². The first-order chi connectivity index (χ1) is 28.8. The van der Waals surface area contributed by atoms with E-state index in [9.17, 15) is 0 Å². The molecule has 11 aromatic rings. The Kier molecular flexibility index (Phi) is 8.19. The number of hydrogen-bond donors (Lipinski definition) is 0. The van der Waals surface area contributed by atoms with Gasteiger partial charge in [-0.2, -0.15) is 0 Å². The number of benzene rings is 10. The van der Waals surface area contributed by atoms with E-state index >= 15 is 0 Å². The fourth-order valence-electron chi connectivity index (χ4n) is 8.73. The van der Waals surface area contributed by atoms with Crippen LogP contribution < -0.4 is 4.90 Å². The quantitative estimate of drug-likeness (QED) is 0.151. The van der Waals surface area contributed by atoms with Gasteiger partial charge in [0.25, 0.3) is 0 Å². The number of anilines is 3. The maximum atomic E-state index is 6.81. The number of fused-ring (bicyclic) bond motifs is 6.